The summed E-state index contributed by atoms with van der Waals surface area (Å²) in [6.45, 7) is 9.11. The molecule has 0 saturated heterocycles. The fourth-order valence-corrected chi connectivity index (χ4v) is 8.80. The van der Waals surface area contributed by atoms with Gasteiger partial charge in [0, 0.05) is 58.6 Å². The molecule has 0 aromatic carbocycles. The maximum atomic E-state index is 3.58. The summed E-state index contributed by atoms with van der Waals surface area (Å²) in [5.74, 6) is 28.3. The normalized spacial score (nSPS) is 10.4. The van der Waals surface area contributed by atoms with Gasteiger partial charge in [0.15, 0.2) is 0 Å². The van der Waals surface area contributed by atoms with Crippen molar-refractivity contribution in [2.45, 2.75) is 182 Å². The van der Waals surface area contributed by atoms with E-state index in [0.717, 1.165) is 51.4 Å². The molecule has 0 aliphatic heterocycles. The van der Waals surface area contributed by atoms with Gasteiger partial charge in [-0.2, -0.15) is 0 Å². The molecule has 0 saturated carbocycles. The predicted molar refractivity (Wildman–Crippen MR) is 191 cm³/mol. The van der Waals surface area contributed by atoms with E-state index >= 15 is 0 Å². The van der Waals surface area contributed by atoms with Crippen molar-refractivity contribution in [2.75, 3.05) is 24.6 Å². The van der Waals surface area contributed by atoms with Crippen LogP contribution in [0.1, 0.15) is 182 Å². The van der Waals surface area contributed by atoms with Gasteiger partial charge in [-0.3, -0.25) is 0 Å². The van der Waals surface area contributed by atoms with Crippen LogP contribution in [0.4, 0.5) is 0 Å². The lowest BCUT2D eigenvalue weighted by Gasteiger charge is -2.25. The molecule has 0 fully saturated rings. The first kappa shape index (κ1) is 39.7. The van der Waals surface area contributed by atoms with Crippen LogP contribution < -0.4 is 0 Å². The zero-order chi connectivity index (χ0) is 30.0. The Morgan fingerprint density at radius 2 is 0.488 bits per heavy atom. The fraction of sp³-hybridized carbons (Fsp3) is 0.800. The van der Waals surface area contributed by atoms with Crippen LogP contribution in [-0.4, -0.2) is 24.6 Å². The maximum absolute atomic E-state index is 3.58. The smallest absolute Gasteiger partial charge is 0.0704 e. The van der Waals surface area contributed by atoms with Crippen LogP contribution in [0.15, 0.2) is 0 Å². The standard InChI is InChI=1S/C40H68P/c1-5-9-13-17-21-25-29-33-37-41(38-34-30-26-22-18-14-10-6-2,39-35-31-27-23-19-15-11-7-3)40-36-32-28-24-20-16-12-8-4/h5-24,33-40H2,1-4H3/q+1. The van der Waals surface area contributed by atoms with Gasteiger partial charge in [0.25, 0.3) is 0 Å². The zero-order valence-corrected chi connectivity index (χ0v) is 29.1. The molecular formula is C40H68P+. The van der Waals surface area contributed by atoms with Crippen LogP contribution >= 0.6 is 7.26 Å². The summed E-state index contributed by atoms with van der Waals surface area (Å²) >= 11 is 0. The van der Waals surface area contributed by atoms with E-state index in [1.54, 1.807) is 0 Å². The molecule has 0 aliphatic rings. The molecular weight excluding hydrogens is 511 g/mol. The lowest BCUT2D eigenvalue weighted by atomic mass is 10.1. The minimum absolute atomic E-state index is 1.06. The summed E-state index contributed by atoms with van der Waals surface area (Å²) in [6, 6.07) is 0. The van der Waals surface area contributed by atoms with Gasteiger partial charge in [-0.05, 0) is 25.7 Å². The maximum Gasteiger partial charge on any atom is 0.0704 e. The van der Waals surface area contributed by atoms with Gasteiger partial charge in [-0.15, -0.1) is 23.7 Å². The largest absolute Gasteiger partial charge is 0.103 e. The number of hydrogen-bond donors (Lipinski definition) is 0. The third kappa shape index (κ3) is 28.6. The van der Waals surface area contributed by atoms with Gasteiger partial charge in [-0.1, -0.05) is 128 Å². The molecule has 0 radical (unpaired) electrons. The Morgan fingerprint density at radius 3 is 0.707 bits per heavy atom. The van der Waals surface area contributed by atoms with Crippen molar-refractivity contribution in [2.24, 2.45) is 0 Å². The van der Waals surface area contributed by atoms with E-state index in [0.29, 0.717) is 0 Å². The summed E-state index contributed by atoms with van der Waals surface area (Å²) in [5.41, 5.74) is 0. The molecule has 0 amide bonds. The Bertz CT molecular complexity index is 664. The molecule has 0 spiro atoms. The molecule has 1 heteroatoms. The van der Waals surface area contributed by atoms with E-state index in [1.165, 1.54) is 127 Å². The Labute approximate surface area is 260 Å². The predicted octanol–water partition coefficient (Wildman–Crippen LogP) is 12.5. The average molecular weight is 580 g/mol. The van der Waals surface area contributed by atoms with Gasteiger partial charge < -0.3 is 0 Å². The first-order valence-electron chi connectivity index (χ1n) is 17.9. The van der Waals surface area contributed by atoms with Gasteiger partial charge in [0.05, 0.1) is 24.6 Å². The van der Waals surface area contributed by atoms with Crippen molar-refractivity contribution in [1.82, 2.24) is 0 Å². The summed E-state index contributed by atoms with van der Waals surface area (Å²) in [4.78, 5) is 0. The molecule has 0 rings (SSSR count). The second-order valence-electron chi connectivity index (χ2n) is 11.9. The van der Waals surface area contributed by atoms with E-state index in [4.69, 9.17) is 0 Å². The van der Waals surface area contributed by atoms with Gasteiger partial charge >= 0.3 is 0 Å². The molecule has 0 atom stereocenters. The van der Waals surface area contributed by atoms with Crippen molar-refractivity contribution in [3.8, 4) is 47.4 Å². The Morgan fingerprint density at radius 1 is 0.268 bits per heavy atom. The minimum Gasteiger partial charge on any atom is -0.103 e. The molecule has 0 aliphatic carbocycles. The third-order valence-electron chi connectivity index (χ3n) is 7.97. The van der Waals surface area contributed by atoms with E-state index in [9.17, 15) is 0 Å². The fourth-order valence-electron chi connectivity index (χ4n) is 5.11. The molecule has 41 heavy (non-hydrogen) atoms. The van der Waals surface area contributed by atoms with Gasteiger partial charge in [0.2, 0.25) is 0 Å². The highest BCUT2D eigenvalue weighted by Crippen LogP contribution is 2.60. The first-order valence-corrected chi connectivity index (χ1v) is 20.5. The summed E-state index contributed by atoms with van der Waals surface area (Å²) in [5, 5.41) is 0. The number of rotatable bonds is 24. The van der Waals surface area contributed by atoms with Crippen LogP contribution in [-0.2, 0) is 0 Å². The molecule has 0 N–H and O–H groups in total. The van der Waals surface area contributed by atoms with Crippen LogP contribution in [0.3, 0.4) is 0 Å². The lowest BCUT2D eigenvalue weighted by molar-refractivity contribution is 0.679. The average Bonchev–Trinajstić information content (AvgIpc) is 2.98. The molecule has 0 aromatic rings. The Balaban J connectivity index is 5.27. The van der Waals surface area contributed by atoms with E-state index in [2.05, 4.69) is 75.1 Å². The van der Waals surface area contributed by atoms with Gasteiger partial charge in [0.1, 0.15) is 0 Å². The summed E-state index contributed by atoms with van der Waals surface area (Å²) in [7, 11) is -1.17. The van der Waals surface area contributed by atoms with Crippen molar-refractivity contribution in [3.05, 3.63) is 0 Å². The Kier molecular flexibility index (Phi) is 32.1. The minimum atomic E-state index is -1.17. The lowest BCUT2D eigenvalue weighted by Crippen LogP contribution is -2.12. The second kappa shape index (κ2) is 33.2. The second-order valence-corrected chi connectivity index (χ2v) is 16.4. The molecule has 0 bridgehead atoms. The highest BCUT2D eigenvalue weighted by atomic mass is 31.2. The molecule has 0 aromatic heterocycles. The third-order valence-corrected chi connectivity index (χ3v) is 12.7. The zero-order valence-electron chi connectivity index (χ0n) is 28.2. The number of unbranched alkanes of at least 4 members (excludes halogenated alkanes) is 16. The highest BCUT2D eigenvalue weighted by molar-refractivity contribution is 7.75. The molecule has 232 valence electrons. The van der Waals surface area contributed by atoms with Crippen molar-refractivity contribution >= 4 is 7.26 Å². The van der Waals surface area contributed by atoms with Crippen LogP contribution in [0.25, 0.3) is 0 Å². The van der Waals surface area contributed by atoms with E-state index in [1.807, 2.05) is 0 Å². The molecule has 0 unspecified atom stereocenters. The van der Waals surface area contributed by atoms with Crippen LogP contribution in [0.5, 0.6) is 0 Å². The monoisotopic (exact) mass is 580 g/mol. The van der Waals surface area contributed by atoms with Gasteiger partial charge in [-0.25, -0.2) is 0 Å². The van der Waals surface area contributed by atoms with E-state index in [-0.39, 0.29) is 0 Å². The SMILES string of the molecule is CCCCCCC#CCC[P+](CCC#CCCCCCC)(CCC#CCCCCCC)CCC#CCCCCCC. The molecule has 0 heterocycles. The highest BCUT2D eigenvalue weighted by Gasteiger charge is 2.34. The molecule has 0 nitrogen and oxygen atoms in total. The van der Waals surface area contributed by atoms with Crippen LogP contribution in [0.2, 0.25) is 0 Å². The van der Waals surface area contributed by atoms with Crippen molar-refractivity contribution in [1.29, 1.82) is 0 Å². The quantitative estimate of drug-likeness (QED) is 0.0606. The number of hydrogen-bond acceptors (Lipinski definition) is 0. The van der Waals surface area contributed by atoms with Crippen molar-refractivity contribution < 1.29 is 0 Å². The van der Waals surface area contributed by atoms with Crippen LogP contribution in [0, 0.1) is 47.4 Å². The Hall–Kier alpha value is -1.33. The summed E-state index contributed by atoms with van der Waals surface area (Å²) < 4.78 is 0. The summed E-state index contributed by atoms with van der Waals surface area (Å²) in [6.07, 6.45) is 34.5. The first-order chi connectivity index (χ1) is 20.2. The van der Waals surface area contributed by atoms with E-state index < -0.39 is 7.26 Å². The van der Waals surface area contributed by atoms with Crippen molar-refractivity contribution in [3.63, 3.8) is 0 Å². The topological polar surface area (TPSA) is 0 Å².